The van der Waals surface area contributed by atoms with Gasteiger partial charge in [0.05, 0.1) is 5.41 Å². The Morgan fingerprint density at radius 3 is 2.57 bits per heavy atom. The SMILES string of the molecule is CCC1(CC)CCN(c2ccnc(Nc3ccccc3)n2)C1=O. The summed E-state index contributed by atoms with van der Waals surface area (Å²) in [7, 11) is 0. The minimum Gasteiger partial charge on any atom is -0.324 e. The van der Waals surface area contributed by atoms with Crippen LogP contribution in [0.4, 0.5) is 17.5 Å². The first kappa shape index (κ1) is 15.5. The lowest BCUT2D eigenvalue weighted by molar-refractivity contribution is -0.125. The lowest BCUT2D eigenvalue weighted by atomic mass is 9.81. The highest BCUT2D eigenvalue weighted by Gasteiger charge is 2.44. The smallest absolute Gasteiger partial charge is 0.234 e. The van der Waals surface area contributed by atoms with Gasteiger partial charge in [0.1, 0.15) is 5.82 Å². The maximum atomic E-state index is 12.8. The first-order valence-corrected chi connectivity index (χ1v) is 8.15. The first-order chi connectivity index (χ1) is 11.2. The van der Waals surface area contributed by atoms with Gasteiger partial charge in [-0.2, -0.15) is 4.98 Å². The van der Waals surface area contributed by atoms with Crippen molar-refractivity contribution >= 4 is 23.4 Å². The van der Waals surface area contributed by atoms with E-state index in [1.54, 1.807) is 17.2 Å². The van der Waals surface area contributed by atoms with Gasteiger partial charge < -0.3 is 5.32 Å². The molecule has 2 aromatic rings. The zero-order valence-corrected chi connectivity index (χ0v) is 13.6. The third-order valence-electron chi connectivity index (χ3n) is 4.81. The van der Waals surface area contributed by atoms with E-state index >= 15 is 0 Å². The number of benzene rings is 1. The molecule has 1 aliphatic rings. The standard InChI is InChI=1S/C18H22N4O/c1-3-18(4-2)11-13-22(16(18)23)15-10-12-19-17(21-15)20-14-8-6-5-7-9-14/h5-10,12H,3-4,11,13H2,1-2H3,(H,19,20,21). The van der Waals surface area contributed by atoms with Gasteiger partial charge in [-0.1, -0.05) is 32.0 Å². The summed E-state index contributed by atoms with van der Waals surface area (Å²) < 4.78 is 0. The zero-order chi connectivity index (χ0) is 16.3. The van der Waals surface area contributed by atoms with Crippen molar-refractivity contribution in [3.8, 4) is 0 Å². The Balaban J connectivity index is 1.82. The Hall–Kier alpha value is -2.43. The molecule has 1 amide bonds. The van der Waals surface area contributed by atoms with Crippen molar-refractivity contribution in [2.45, 2.75) is 33.1 Å². The van der Waals surface area contributed by atoms with Crippen LogP contribution in [0.25, 0.3) is 0 Å². The van der Waals surface area contributed by atoms with E-state index in [0.29, 0.717) is 11.8 Å². The summed E-state index contributed by atoms with van der Waals surface area (Å²) in [5.74, 6) is 1.37. The summed E-state index contributed by atoms with van der Waals surface area (Å²) in [5, 5.41) is 3.17. The molecule has 5 heteroatoms. The van der Waals surface area contributed by atoms with Crippen LogP contribution in [0.1, 0.15) is 33.1 Å². The van der Waals surface area contributed by atoms with Gasteiger partial charge in [-0.25, -0.2) is 4.98 Å². The fourth-order valence-corrected chi connectivity index (χ4v) is 3.16. The predicted octanol–water partition coefficient (Wildman–Crippen LogP) is 3.76. The third-order valence-corrected chi connectivity index (χ3v) is 4.81. The average Bonchev–Trinajstić information content (AvgIpc) is 2.93. The second kappa shape index (κ2) is 6.36. The van der Waals surface area contributed by atoms with E-state index in [2.05, 4.69) is 29.1 Å². The van der Waals surface area contributed by atoms with E-state index in [1.165, 1.54) is 0 Å². The van der Waals surface area contributed by atoms with Crippen molar-refractivity contribution in [2.24, 2.45) is 5.41 Å². The summed E-state index contributed by atoms with van der Waals surface area (Å²) >= 11 is 0. The summed E-state index contributed by atoms with van der Waals surface area (Å²) in [4.78, 5) is 23.4. The predicted molar refractivity (Wildman–Crippen MR) is 91.7 cm³/mol. The summed E-state index contributed by atoms with van der Waals surface area (Å²) in [5.41, 5.74) is 0.701. The van der Waals surface area contributed by atoms with E-state index in [0.717, 1.165) is 31.5 Å². The molecule has 1 aromatic heterocycles. The topological polar surface area (TPSA) is 58.1 Å². The van der Waals surface area contributed by atoms with Crippen molar-refractivity contribution < 1.29 is 4.79 Å². The van der Waals surface area contributed by atoms with Crippen LogP contribution in [-0.2, 0) is 4.79 Å². The van der Waals surface area contributed by atoms with Crippen molar-refractivity contribution in [1.29, 1.82) is 0 Å². The molecule has 0 unspecified atom stereocenters. The number of hydrogen-bond acceptors (Lipinski definition) is 4. The van der Waals surface area contributed by atoms with E-state index in [1.807, 2.05) is 30.3 Å². The summed E-state index contributed by atoms with van der Waals surface area (Å²) in [6.45, 7) is 4.91. The molecule has 5 nitrogen and oxygen atoms in total. The quantitative estimate of drug-likeness (QED) is 0.913. The molecule has 1 aliphatic heterocycles. The number of hydrogen-bond donors (Lipinski definition) is 1. The highest BCUT2D eigenvalue weighted by atomic mass is 16.2. The number of para-hydroxylation sites is 1. The van der Waals surface area contributed by atoms with Gasteiger partial charge in [0, 0.05) is 18.4 Å². The molecule has 23 heavy (non-hydrogen) atoms. The van der Waals surface area contributed by atoms with Gasteiger partial charge in [-0.05, 0) is 37.5 Å². The number of carbonyl (C=O) groups excluding carboxylic acids is 1. The van der Waals surface area contributed by atoms with Gasteiger partial charge >= 0.3 is 0 Å². The van der Waals surface area contributed by atoms with Crippen molar-refractivity contribution in [2.75, 3.05) is 16.8 Å². The molecular weight excluding hydrogens is 288 g/mol. The van der Waals surface area contributed by atoms with Gasteiger partial charge in [0.2, 0.25) is 11.9 Å². The molecular formula is C18H22N4O. The first-order valence-electron chi connectivity index (χ1n) is 8.15. The van der Waals surface area contributed by atoms with E-state index in [9.17, 15) is 4.79 Å². The zero-order valence-electron chi connectivity index (χ0n) is 13.6. The van der Waals surface area contributed by atoms with Crippen molar-refractivity contribution in [1.82, 2.24) is 9.97 Å². The Morgan fingerprint density at radius 1 is 1.17 bits per heavy atom. The van der Waals surface area contributed by atoms with Crippen molar-refractivity contribution in [3.05, 3.63) is 42.6 Å². The fourth-order valence-electron chi connectivity index (χ4n) is 3.16. The highest BCUT2D eigenvalue weighted by Crippen LogP contribution is 2.39. The van der Waals surface area contributed by atoms with E-state index in [-0.39, 0.29) is 11.3 Å². The fraction of sp³-hybridized carbons (Fsp3) is 0.389. The van der Waals surface area contributed by atoms with Crippen LogP contribution in [0.5, 0.6) is 0 Å². The van der Waals surface area contributed by atoms with Crippen LogP contribution in [0.3, 0.4) is 0 Å². The maximum Gasteiger partial charge on any atom is 0.234 e. The van der Waals surface area contributed by atoms with E-state index in [4.69, 9.17) is 0 Å². The monoisotopic (exact) mass is 310 g/mol. The van der Waals surface area contributed by atoms with Crippen LogP contribution in [-0.4, -0.2) is 22.4 Å². The molecule has 1 fully saturated rings. The number of nitrogens with zero attached hydrogens (tertiary/aromatic N) is 3. The highest BCUT2D eigenvalue weighted by molar-refractivity contribution is 5.99. The van der Waals surface area contributed by atoms with Crippen LogP contribution in [0.2, 0.25) is 0 Å². The molecule has 0 saturated carbocycles. The van der Waals surface area contributed by atoms with Gasteiger partial charge in [0.15, 0.2) is 0 Å². The summed E-state index contributed by atoms with van der Waals surface area (Å²) in [6.07, 6.45) is 4.33. The molecule has 3 rings (SSSR count). The number of amides is 1. The summed E-state index contributed by atoms with van der Waals surface area (Å²) in [6, 6.07) is 11.6. The largest absolute Gasteiger partial charge is 0.324 e. The van der Waals surface area contributed by atoms with Crippen LogP contribution in [0, 0.1) is 5.41 Å². The number of rotatable bonds is 5. The third kappa shape index (κ3) is 2.91. The van der Waals surface area contributed by atoms with Crippen LogP contribution < -0.4 is 10.2 Å². The Labute approximate surface area is 136 Å². The minimum atomic E-state index is -0.224. The molecule has 0 spiro atoms. The molecule has 1 saturated heterocycles. The second-order valence-corrected chi connectivity index (χ2v) is 5.92. The molecule has 2 heterocycles. The number of aromatic nitrogens is 2. The Bertz CT molecular complexity index is 682. The lowest BCUT2D eigenvalue weighted by Gasteiger charge is -2.24. The van der Waals surface area contributed by atoms with E-state index < -0.39 is 0 Å². The molecule has 1 aromatic carbocycles. The average molecular weight is 310 g/mol. The number of carbonyl (C=O) groups is 1. The molecule has 0 bridgehead atoms. The molecule has 0 radical (unpaired) electrons. The van der Waals surface area contributed by atoms with Gasteiger partial charge in [-0.3, -0.25) is 9.69 Å². The number of nitrogens with one attached hydrogen (secondary N) is 1. The Morgan fingerprint density at radius 2 is 1.91 bits per heavy atom. The molecule has 1 N–H and O–H groups in total. The molecule has 0 atom stereocenters. The second-order valence-electron chi connectivity index (χ2n) is 5.92. The lowest BCUT2D eigenvalue weighted by Crippen LogP contribution is -2.34. The normalized spacial score (nSPS) is 16.6. The van der Waals surface area contributed by atoms with Gasteiger partial charge in [-0.15, -0.1) is 0 Å². The minimum absolute atomic E-state index is 0.187. The van der Waals surface area contributed by atoms with Crippen LogP contribution >= 0.6 is 0 Å². The number of anilines is 3. The molecule has 120 valence electrons. The Kier molecular flexibility index (Phi) is 4.28. The molecule has 0 aliphatic carbocycles. The van der Waals surface area contributed by atoms with Gasteiger partial charge in [0.25, 0.3) is 0 Å². The van der Waals surface area contributed by atoms with Crippen molar-refractivity contribution in [3.63, 3.8) is 0 Å². The maximum absolute atomic E-state index is 12.8. The van der Waals surface area contributed by atoms with Crippen LogP contribution in [0.15, 0.2) is 42.6 Å².